The molecule has 0 saturated carbocycles. The minimum Gasteiger partial charge on any atom is -0.491 e. The summed E-state index contributed by atoms with van der Waals surface area (Å²) in [5, 5.41) is 2.73. The van der Waals surface area contributed by atoms with Crippen LogP contribution in [0.5, 0.6) is 5.75 Å². The van der Waals surface area contributed by atoms with Crippen LogP contribution in [0.15, 0.2) is 24.3 Å². The fourth-order valence-electron chi connectivity index (χ4n) is 2.42. The summed E-state index contributed by atoms with van der Waals surface area (Å²) in [5.74, 6) is -0.129. The first-order valence-electron chi connectivity index (χ1n) is 7.94. The number of hydrogen-bond donors (Lipinski definition) is 1. The number of anilines is 1. The summed E-state index contributed by atoms with van der Waals surface area (Å²) >= 11 is 0. The Morgan fingerprint density at radius 3 is 2.75 bits per heavy atom. The van der Waals surface area contributed by atoms with Gasteiger partial charge in [0.05, 0.1) is 25.3 Å². The fraction of sp³-hybridized carbons (Fsp3) is 0.471. The molecule has 1 aliphatic rings. The lowest BCUT2D eigenvalue weighted by Crippen LogP contribution is -2.45. The van der Waals surface area contributed by atoms with Crippen molar-refractivity contribution in [2.24, 2.45) is 0 Å². The van der Waals surface area contributed by atoms with Crippen LogP contribution in [-0.2, 0) is 14.4 Å². The molecule has 0 spiro atoms. The highest BCUT2D eigenvalue weighted by Gasteiger charge is 2.26. The van der Waals surface area contributed by atoms with E-state index in [1.54, 1.807) is 25.2 Å². The maximum atomic E-state index is 12.4. The van der Waals surface area contributed by atoms with Gasteiger partial charge in [-0.2, -0.15) is 0 Å². The van der Waals surface area contributed by atoms with Crippen molar-refractivity contribution in [1.29, 1.82) is 0 Å². The van der Waals surface area contributed by atoms with Crippen LogP contribution in [0.25, 0.3) is 0 Å². The SMILES string of the molecule is CC(C)NC(=O)CN(C)C(=O)CN1C(=O)CCOc2ccccc21. The standard InChI is InChI=1S/C17H23N3O4/c1-12(2)18-15(21)10-19(3)17(23)11-20-13-6-4-5-7-14(13)24-9-8-16(20)22/h4-7,12H,8-11H2,1-3H3,(H,18,21). The zero-order chi connectivity index (χ0) is 17.7. The third-order valence-electron chi connectivity index (χ3n) is 3.58. The molecule has 7 nitrogen and oxygen atoms in total. The van der Waals surface area contributed by atoms with Gasteiger partial charge in [-0.05, 0) is 26.0 Å². The highest BCUT2D eigenvalue weighted by molar-refractivity contribution is 6.00. The molecular weight excluding hydrogens is 310 g/mol. The van der Waals surface area contributed by atoms with Gasteiger partial charge in [0.25, 0.3) is 0 Å². The Bertz CT molecular complexity index is 630. The Hall–Kier alpha value is -2.57. The number of amides is 3. The molecule has 0 fully saturated rings. The maximum absolute atomic E-state index is 12.4. The van der Waals surface area contributed by atoms with E-state index in [0.717, 1.165) is 0 Å². The molecule has 24 heavy (non-hydrogen) atoms. The molecule has 1 aliphatic heterocycles. The van der Waals surface area contributed by atoms with Crippen LogP contribution < -0.4 is 15.0 Å². The number of nitrogens with zero attached hydrogens (tertiary/aromatic N) is 2. The van der Waals surface area contributed by atoms with E-state index in [2.05, 4.69) is 5.32 Å². The van der Waals surface area contributed by atoms with Gasteiger partial charge in [-0.1, -0.05) is 12.1 Å². The van der Waals surface area contributed by atoms with Crippen molar-refractivity contribution in [3.63, 3.8) is 0 Å². The smallest absolute Gasteiger partial charge is 0.242 e. The van der Waals surface area contributed by atoms with Gasteiger partial charge in [0.2, 0.25) is 17.7 Å². The highest BCUT2D eigenvalue weighted by Crippen LogP contribution is 2.30. The molecule has 0 atom stereocenters. The number of fused-ring (bicyclic) bond motifs is 1. The van der Waals surface area contributed by atoms with Crippen LogP contribution in [0.3, 0.4) is 0 Å². The topological polar surface area (TPSA) is 79.0 Å². The van der Waals surface area contributed by atoms with Gasteiger partial charge >= 0.3 is 0 Å². The zero-order valence-corrected chi connectivity index (χ0v) is 14.2. The molecule has 3 amide bonds. The Labute approximate surface area is 141 Å². The lowest BCUT2D eigenvalue weighted by atomic mass is 10.2. The Balaban J connectivity index is 2.07. The fourth-order valence-corrected chi connectivity index (χ4v) is 2.42. The van der Waals surface area contributed by atoms with E-state index in [1.165, 1.54) is 9.80 Å². The van der Waals surface area contributed by atoms with Crippen LogP contribution in [0.4, 0.5) is 5.69 Å². The molecule has 0 saturated heterocycles. The van der Waals surface area contributed by atoms with Crippen molar-refractivity contribution >= 4 is 23.4 Å². The third kappa shape index (κ3) is 4.47. The van der Waals surface area contributed by atoms with Crippen LogP contribution in [0, 0.1) is 0 Å². The predicted octanol–water partition coefficient (Wildman–Crippen LogP) is 0.785. The van der Waals surface area contributed by atoms with E-state index in [-0.39, 0.29) is 49.9 Å². The largest absolute Gasteiger partial charge is 0.491 e. The molecule has 1 aromatic carbocycles. The van der Waals surface area contributed by atoms with Crippen molar-refractivity contribution < 1.29 is 19.1 Å². The molecule has 130 valence electrons. The second-order valence-corrected chi connectivity index (χ2v) is 6.02. The van der Waals surface area contributed by atoms with E-state index >= 15 is 0 Å². The number of nitrogens with one attached hydrogen (secondary N) is 1. The summed E-state index contributed by atoms with van der Waals surface area (Å²) in [6.45, 7) is 3.83. The van der Waals surface area contributed by atoms with Crippen LogP contribution >= 0.6 is 0 Å². The second kappa shape index (κ2) is 7.81. The maximum Gasteiger partial charge on any atom is 0.242 e. The molecule has 2 rings (SSSR count). The number of likely N-dealkylation sites (N-methyl/N-ethyl adjacent to an activating group) is 1. The summed E-state index contributed by atoms with van der Waals surface area (Å²) in [6, 6.07) is 7.13. The van der Waals surface area contributed by atoms with Crippen molar-refractivity contribution in [3.8, 4) is 5.75 Å². The molecule has 0 unspecified atom stereocenters. The van der Waals surface area contributed by atoms with E-state index in [4.69, 9.17) is 4.74 Å². The quantitative estimate of drug-likeness (QED) is 0.864. The normalized spacial score (nSPS) is 13.8. The molecule has 0 radical (unpaired) electrons. The number of para-hydroxylation sites is 2. The van der Waals surface area contributed by atoms with Crippen LogP contribution in [0.2, 0.25) is 0 Å². The predicted molar refractivity (Wildman–Crippen MR) is 89.8 cm³/mol. The average Bonchev–Trinajstić information content (AvgIpc) is 2.66. The van der Waals surface area contributed by atoms with Crippen molar-refractivity contribution in [3.05, 3.63) is 24.3 Å². The van der Waals surface area contributed by atoms with Crippen LogP contribution in [-0.4, -0.2) is 55.4 Å². The molecule has 0 bridgehead atoms. The Kier molecular flexibility index (Phi) is 5.78. The van der Waals surface area contributed by atoms with Gasteiger partial charge in [0.15, 0.2) is 0 Å². The molecule has 1 N–H and O–H groups in total. The summed E-state index contributed by atoms with van der Waals surface area (Å²) in [6.07, 6.45) is 0.208. The summed E-state index contributed by atoms with van der Waals surface area (Å²) in [7, 11) is 1.55. The van der Waals surface area contributed by atoms with Gasteiger partial charge in [0.1, 0.15) is 12.3 Å². The minimum atomic E-state index is -0.307. The first-order chi connectivity index (χ1) is 11.4. The van der Waals surface area contributed by atoms with E-state index in [0.29, 0.717) is 11.4 Å². The first kappa shape index (κ1) is 17.8. The van der Waals surface area contributed by atoms with Crippen LogP contribution in [0.1, 0.15) is 20.3 Å². The monoisotopic (exact) mass is 333 g/mol. The van der Waals surface area contributed by atoms with Gasteiger partial charge in [0, 0.05) is 13.1 Å². The van der Waals surface area contributed by atoms with Crippen molar-refractivity contribution in [1.82, 2.24) is 10.2 Å². The zero-order valence-electron chi connectivity index (χ0n) is 14.2. The summed E-state index contributed by atoms with van der Waals surface area (Å²) < 4.78 is 5.55. The van der Waals surface area contributed by atoms with Gasteiger partial charge in [-0.25, -0.2) is 0 Å². The summed E-state index contributed by atoms with van der Waals surface area (Å²) in [4.78, 5) is 39.2. The first-order valence-corrected chi connectivity index (χ1v) is 7.94. The number of benzene rings is 1. The number of hydrogen-bond acceptors (Lipinski definition) is 4. The molecular formula is C17H23N3O4. The Morgan fingerprint density at radius 2 is 2.04 bits per heavy atom. The molecule has 0 aliphatic carbocycles. The molecule has 0 aromatic heterocycles. The lowest BCUT2D eigenvalue weighted by Gasteiger charge is -2.24. The van der Waals surface area contributed by atoms with Gasteiger partial charge in [-0.15, -0.1) is 0 Å². The van der Waals surface area contributed by atoms with E-state index < -0.39 is 0 Å². The second-order valence-electron chi connectivity index (χ2n) is 6.02. The third-order valence-corrected chi connectivity index (χ3v) is 3.58. The number of carbonyl (C=O) groups excluding carboxylic acids is 3. The Morgan fingerprint density at radius 1 is 1.33 bits per heavy atom. The average molecular weight is 333 g/mol. The van der Waals surface area contributed by atoms with Crippen molar-refractivity contribution in [2.45, 2.75) is 26.3 Å². The molecule has 1 aromatic rings. The van der Waals surface area contributed by atoms with Gasteiger partial charge < -0.3 is 15.0 Å². The highest BCUT2D eigenvalue weighted by atomic mass is 16.5. The number of carbonyl (C=O) groups is 3. The number of rotatable bonds is 5. The minimum absolute atomic E-state index is 0.0113. The van der Waals surface area contributed by atoms with Gasteiger partial charge in [-0.3, -0.25) is 19.3 Å². The molecule has 1 heterocycles. The summed E-state index contributed by atoms with van der Waals surface area (Å²) in [5.41, 5.74) is 0.577. The van der Waals surface area contributed by atoms with Crippen molar-refractivity contribution in [2.75, 3.05) is 31.6 Å². The molecule has 7 heteroatoms. The lowest BCUT2D eigenvalue weighted by molar-refractivity contribution is -0.134. The van der Waals surface area contributed by atoms with E-state index in [9.17, 15) is 14.4 Å². The number of ether oxygens (including phenoxy) is 1. The van der Waals surface area contributed by atoms with E-state index in [1.807, 2.05) is 19.9 Å².